The first-order valence-corrected chi connectivity index (χ1v) is 7.51. The van der Waals surface area contributed by atoms with Crippen LogP contribution in [-0.4, -0.2) is 19.8 Å². The largest absolute Gasteiger partial charge is 0.246 e. The lowest BCUT2D eigenvalue weighted by Crippen LogP contribution is -2.27. The molecule has 2 aromatic rings. The molecule has 0 aliphatic rings. The Kier molecular flexibility index (Phi) is 4.52. The molecule has 0 fully saturated rings. The molecule has 2 aromatic carbocycles. The molecule has 0 radical (unpaired) electrons. The minimum absolute atomic E-state index is 0.0741. The third kappa shape index (κ3) is 3.28. The molecular weight excluding hydrogens is 322 g/mol. The molecule has 0 aliphatic carbocycles. The van der Waals surface area contributed by atoms with Gasteiger partial charge in [0.15, 0.2) is 0 Å². The molecule has 2 rings (SSSR count). The van der Waals surface area contributed by atoms with Crippen molar-refractivity contribution in [2.24, 2.45) is 0 Å². The van der Waals surface area contributed by atoms with E-state index >= 15 is 0 Å². The van der Waals surface area contributed by atoms with Crippen molar-refractivity contribution < 1.29 is 26.0 Å². The number of nitrogens with zero attached hydrogens (tertiary/aromatic N) is 1. The van der Waals surface area contributed by atoms with Gasteiger partial charge in [-0.05, 0) is 18.2 Å². The molecule has 0 spiro atoms. The van der Waals surface area contributed by atoms with Gasteiger partial charge in [-0.2, -0.15) is 4.31 Å². The maximum Gasteiger partial charge on any atom is 0.246 e. The van der Waals surface area contributed by atoms with Gasteiger partial charge in [0.1, 0.15) is 28.2 Å². The van der Waals surface area contributed by atoms with Gasteiger partial charge in [0.25, 0.3) is 0 Å². The second-order valence-electron chi connectivity index (χ2n) is 4.57. The van der Waals surface area contributed by atoms with Crippen LogP contribution in [-0.2, 0) is 16.6 Å². The zero-order valence-corrected chi connectivity index (χ0v) is 12.2. The van der Waals surface area contributed by atoms with Crippen LogP contribution in [0.25, 0.3) is 0 Å². The van der Waals surface area contributed by atoms with Crippen molar-refractivity contribution in [1.29, 1.82) is 0 Å². The third-order valence-corrected chi connectivity index (χ3v) is 4.83. The highest BCUT2D eigenvalue weighted by Gasteiger charge is 2.25. The van der Waals surface area contributed by atoms with Crippen LogP contribution in [0.4, 0.5) is 17.6 Å². The molecule has 3 nitrogen and oxygen atoms in total. The van der Waals surface area contributed by atoms with Crippen molar-refractivity contribution in [1.82, 2.24) is 4.31 Å². The lowest BCUT2D eigenvalue weighted by molar-refractivity contribution is 0.448. The summed E-state index contributed by atoms with van der Waals surface area (Å²) in [4.78, 5) is -0.723. The lowest BCUT2D eigenvalue weighted by atomic mass is 10.2. The SMILES string of the molecule is CN(Cc1ccc(F)cc1F)S(=O)(=O)c1ccc(F)cc1F. The topological polar surface area (TPSA) is 37.4 Å². The Labute approximate surface area is 124 Å². The maximum absolute atomic E-state index is 13.6. The minimum atomic E-state index is -4.28. The maximum atomic E-state index is 13.6. The fourth-order valence-electron chi connectivity index (χ4n) is 1.83. The Morgan fingerprint density at radius 1 is 0.909 bits per heavy atom. The second-order valence-corrected chi connectivity index (χ2v) is 6.58. The lowest BCUT2D eigenvalue weighted by Gasteiger charge is -2.18. The third-order valence-electron chi connectivity index (χ3n) is 2.99. The summed E-state index contributed by atoms with van der Waals surface area (Å²) in [5, 5.41) is 0. The highest BCUT2D eigenvalue weighted by atomic mass is 32.2. The molecule has 0 amide bonds. The average Bonchev–Trinajstić information content (AvgIpc) is 2.41. The summed E-state index contributed by atoms with van der Waals surface area (Å²) in [7, 11) is -3.17. The van der Waals surface area contributed by atoms with E-state index in [4.69, 9.17) is 0 Å². The predicted octanol–water partition coefficient (Wildman–Crippen LogP) is 3.06. The first kappa shape index (κ1) is 16.4. The summed E-state index contributed by atoms with van der Waals surface area (Å²) in [6.45, 7) is -0.425. The first-order chi connectivity index (χ1) is 10.2. The molecule has 0 saturated heterocycles. The van der Waals surface area contributed by atoms with Gasteiger partial charge in [0.2, 0.25) is 10.0 Å². The number of rotatable bonds is 4. The molecule has 0 aromatic heterocycles. The molecule has 0 saturated carbocycles. The van der Waals surface area contributed by atoms with Gasteiger partial charge in [-0.15, -0.1) is 0 Å². The zero-order chi connectivity index (χ0) is 16.5. The van der Waals surface area contributed by atoms with Crippen LogP contribution >= 0.6 is 0 Å². The fraction of sp³-hybridized carbons (Fsp3) is 0.143. The Morgan fingerprint density at radius 2 is 1.45 bits per heavy atom. The highest BCUT2D eigenvalue weighted by molar-refractivity contribution is 7.89. The van der Waals surface area contributed by atoms with Crippen LogP contribution in [0.3, 0.4) is 0 Å². The van der Waals surface area contributed by atoms with Gasteiger partial charge in [-0.3, -0.25) is 0 Å². The van der Waals surface area contributed by atoms with Crippen molar-refractivity contribution in [2.45, 2.75) is 11.4 Å². The van der Waals surface area contributed by atoms with Crippen LogP contribution in [0.5, 0.6) is 0 Å². The van der Waals surface area contributed by atoms with Gasteiger partial charge < -0.3 is 0 Å². The van der Waals surface area contributed by atoms with Gasteiger partial charge in [0.05, 0.1) is 0 Å². The van der Waals surface area contributed by atoms with Crippen LogP contribution in [0.1, 0.15) is 5.56 Å². The van der Waals surface area contributed by atoms with E-state index in [0.717, 1.165) is 31.3 Å². The average molecular weight is 333 g/mol. The van der Waals surface area contributed by atoms with Crippen LogP contribution < -0.4 is 0 Å². The summed E-state index contributed by atoms with van der Waals surface area (Å²) in [5.41, 5.74) is -0.0741. The van der Waals surface area contributed by atoms with E-state index in [9.17, 15) is 26.0 Å². The van der Waals surface area contributed by atoms with Gasteiger partial charge in [-0.25, -0.2) is 26.0 Å². The molecular formula is C14H11F4NO2S. The van der Waals surface area contributed by atoms with Crippen LogP contribution in [0.15, 0.2) is 41.3 Å². The van der Waals surface area contributed by atoms with Gasteiger partial charge in [0, 0.05) is 31.3 Å². The van der Waals surface area contributed by atoms with Crippen LogP contribution in [0.2, 0.25) is 0 Å². The predicted molar refractivity (Wildman–Crippen MR) is 71.4 cm³/mol. The Bertz CT molecular complexity index is 808. The van der Waals surface area contributed by atoms with Crippen molar-refractivity contribution in [2.75, 3.05) is 7.05 Å². The van der Waals surface area contributed by atoms with E-state index in [2.05, 4.69) is 0 Å². The van der Waals surface area contributed by atoms with E-state index in [0.29, 0.717) is 16.4 Å². The monoisotopic (exact) mass is 333 g/mol. The van der Waals surface area contributed by atoms with Crippen molar-refractivity contribution in [3.63, 3.8) is 0 Å². The molecule has 0 N–H and O–H groups in total. The van der Waals surface area contributed by atoms with Gasteiger partial charge >= 0.3 is 0 Å². The molecule has 118 valence electrons. The Morgan fingerprint density at radius 3 is 2.00 bits per heavy atom. The van der Waals surface area contributed by atoms with Gasteiger partial charge in [-0.1, -0.05) is 6.07 Å². The molecule has 0 bridgehead atoms. The van der Waals surface area contributed by atoms with E-state index in [1.807, 2.05) is 0 Å². The summed E-state index contributed by atoms with van der Waals surface area (Å²) < 4.78 is 77.9. The number of halogens is 4. The van der Waals surface area contributed by atoms with Crippen molar-refractivity contribution in [3.8, 4) is 0 Å². The highest BCUT2D eigenvalue weighted by Crippen LogP contribution is 2.21. The second kappa shape index (κ2) is 6.05. The van der Waals surface area contributed by atoms with E-state index in [1.165, 1.54) is 0 Å². The summed E-state index contributed by atoms with van der Waals surface area (Å²) in [5.74, 6) is -3.87. The summed E-state index contributed by atoms with van der Waals surface area (Å²) >= 11 is 0. The zero-order valence-electron chi connectivity index (χ0n) is 11.4. The number of hydrogen-bond donors (Lipinski definition) is 0. The Hall–Kier alpha value is -1.93. The van der Waals surface area contributed by atoms with Crippen molar-refractivity contribution in [3.05, 3.63) is 65.2 Å². The summed E-state index contributed by atoms with van der Waals surface area (Å²) in [6.07, 6.45) is 0. The molecule has 0 atom stereocenters. The number of benzene rings is 2. The van der Waals surface area contributed by atoms with Crippen molar-refractivity contribution >= 4 is 10.0 Å². The molecule has 22 heavy (non-hydrogen) atoms. The molecule has 0 heterocycles. The van der Waals surface area contributed by atoms with E-state index in [-0.39, 0.29) is 5.56 Å². The minimum Gasteiger partial charge on any atom is -0.207 e. The Balaban J connectivity index is 2.33. The van der Waals surface area contributed by atoms with E-state index < -0.39 is 44.7 Å². The molecule has 8 heteroatoms. The quantitative estimate of drug-likeness (QED) is 0.807. The normalized spacial score (nSPS) is 11.9. The fourth-order valence-corrected chi connectivity index (χ4v) is 3.02. The number of sulfonamides is 1. The van der Waals surface area contributed by atoms with Crippen LogP contribution in [0, 0.1) is 23.3 Å². The molecule has 0 unspecified atom stereocenters. The smallest absolute Gasteiger partial charge is 0.207 e. The standard InChI is InChI=1S/C14H11F4NO2S/c1-19(8-9-2-3-10(15)6-12(9)17)22(20,21)14-5-4-11(16)7-13(14)18/h2-7H,8H2,1H3. The van der Waals surface area contributed by atoms with E-state index in [1.54, 1.807) is 0 Å². The molecule has 0 aliphatic heterocycles. The number of hydrogen-bond acceptors (Lipinski definition) is 2. The first-order valence-electron chi connectivity index (χ1n) is 6.07. The summed E-state index contributed by atoms with van der Waals surface area (Å²) in [6, 6.07) is 4.74.